The Bertz CT molecular complexity index is 504. The van der Waals surface area contributed by atoms with Crippen LogP contribution in [0.15, 0.2) is 30.7 Å². The molecule has 0 aromatic carbocycles. The molecule has 4 heteroatoms. The van der Waals surface area contributed by atoms with E-state index in [9.17, 15) is 0 Å². The summed E-state index contributed by atoms with van der Waals surface area (Å²) in [7, 11) is 1.97. The van der Waals surface area contributed by atoms with E-state index in [1.54, 1.807) is 0 Å². The number of hydrogen-bond acceptors (Lipinski definition) is 3. The van der Waals surface area contributed by atoms with E-state index in [-0.39, 0.29) is 0 Å². The maximum atomic E-state index is 4.45. The first kappa shape index (κ1) is 13.7. The lowest BCUT2D eigenvalue weighted by Gasteiger charge is -2.18. The number of aromatic nitrogens is 3. The molecule has 0 radical (unpaired) electrons. The molecule has 0 aliphatic heterocycles. The maximum absolute atomic E-state index is 4.45. The predicted octanol–water partition coefficient (Wildman–Crippen LogP) is 2.41. The maximum Gasteiger partial charge on any atom is 0.0641 e. The van der Waals surface area contributed by atoms with Crippen molar-refractivity contribution in [3.8, 4) is 0 Å². The summed E-state index contributed by atoms with van der Waals surface area (Å²) in [4.78, 5) is 4.07. The smallest absolute Gasteiger partial charge is 0.0641 e. The van der Waals surface area contributed by atoms with Gasteiger partial charge < -0.3 is 5.32 Å². The summed E-state index contributed by atoms with van der Waals surface area (Å²) in [6, 6.07) is 4.47. The minimum atomic E-state index is 0.316. The van der Waals surface area contributed by atoms with Crippen molar-refractivity contribution in [2.75, 3.05) is 6.54 Å². The van der Waals surface area contributed by atoms with Crippen molar-refractivity contribution in [2.24, 2.45) is 7.05 Å². The zero-order chi connectivity index (χ0) is 13.7. The van der Waals surface area contributed by atoms with Crippen molar-refractivity contribution in [1.29, 1.82) is 0 Å². The monoisotopic (exact) mass is 258 g/mol. The van der Waals surface area contributed by atoms with Gasteiger partial charge in [0.15, 0.2) is 0 Å². The van der Waals surface area contributed by atoms with E-state index in [2.05, 4.69) is 47.6 Å². The summed E-state index contributed by atoms with van der Waals surface area (Å²) in [6.45, 7) is 5.28. The normalized spacial score (nSPS) is 12.6. The van der Waals surface area contributed by atoms with Gasteiger partial charge in [-0.2, -0.15) is 5.10 Å². The summed E-state index contributed by atoms with van der Waals surface area (Å²) < 4.78 is 1.89. The number of hydrogen-bond donors (Lipinski definition) is 1. The Kier molecular flexibility index (Phi) is 4.68. The molecule has 2 aromatic heterocycles. The highest BCUT2D eigenvalue weighted by Gasteiger charge is 2.16. The van der Waals surface area contributed by atoms with E-state index in [4.69, 9.17) is 0 Å². The van der Waals surface area contributed by atoms with Crippen LogP contribution in [0.3, 0.4) is 0 Å². The van der Waals surface area contributed by atoms with E-state index < -0.39 is 0 Å². The fraction of sp³-hybridized carbons (Fsp3) is 0.467. The van der Waals surface area contributed by atoms with Crippen molar-refractivity contribution < 1.29 is 0 Å². The predicted molar refractivity (Wildman–Crippen MR) is 76.9 cm³/mol. The zero-order valence-electron chi connectivity index (χ0n) is 11.9. The molecule has 0 amide bonds. The SMILES string of the molecule is CCCNC(Cc1ccncc1)c1cn(C)nc1C. The molecule has 0 saturated carbocycles. The van der Waals surface area contributed by atoms with E-state index in [0.29, 0.717) is 6.04 Å². The van der Waals surface area contributed by atoms with E-state index in [0.717, 1.165) is 25.1 Å². The molecule has 0 aliphatic carbocycles. The largest absolute Gasteiger partial charge is 0.310 e. The van der Waals surface area contributed by atoms with Gasteiger partial charge in [-0.3, -0.25) is 9.67 Å². The molecule has 1 atom stereocenters. The molecule has 4 nitrogen and oxygen atoms in total. The molecular weight excluding hydrogens is 236 g/mol. The zero-order valence-corrected chi connectivity index (χ0v) is 11.9. The Balaban J connectivity index is 2.18. The first-order chi connectivity index (χ1) is 9.20. The third-order valence-electron chi connectivity index (χ3n) is 3.26. The van der Waals surface area contributed by atoms with E-state index in [1.807, 2.05) is 24.1 Å². The second-order valence-corrected chi connectivity index (χ2v) is 4.91. The van der Waals surface area contributed by atoms with Crippen LogP contribution in [-0.4, -0.2) is 21.3 Å². The van der Waals surface area contributed by atoms with Gasteiger partial charge in [0.25, 0.3) is 0 Å². The molecular formula is C15H22N4. The summed E-state index contributed by atoms with van der Waals surface area (Å²) in [5.74, 6) is 0. The van der Waals surface area contributed by atoms with Gasteiger partial charge in [0, 0.05) is 37.2 Å². The van der Waals surface area contributed by atoms with Gasteiger partial charge in [-0.1, -0.05) is 6.92 Å². The molecule has 1 unspecified atom stereocenters. The fourth-order valence-electron chi connectivity index (χ4n) is 2.33. The first-order valence-corrected chi connectivity index (χ1v) is 6.83. The second-order valence-electron chi connectivity index (χ2n) is 4.91. The van der Waals surface area contributed by atoms with Crippen molar-refractivity contribution in [3.63, 3.8) is 0 Å². The van der Waals surface area contributed by atoms with Gasteiger partial charge >= 0.3 is 0 Å². The highest BCUT2D eigenvalue weighted by Crippen LogP contribution is 2.20. The third-order valence-corrected chi connectivity index (χ3v) is 3.26. The van der Waals surface area contributed by atoms with Crippen LogP contribution >= 0.6 is 0 Å². The van der Waals surface area contributed by atoms with Crippen LogP contribution in [0.4, 0.5) is 0 Å². The van der Waals surface area contributed by atoms with Crippen LogP contribution in [0.25, 0.3) is 0 Å². The Labute approximate surface area is 114 Å². The molecule has 0 bridgehead atoms. The Hall–Kier alpha value is -1.68. The summed E-state index contributed by atoms with van der Waals surface area (Å²) >= 11 is 0. The first-order valence-electron chi connectivity index (χ1n) is 6.83. The number of aryl methyl sites for hydroxylation is 2. The second kappa shape index (κ2) is 6.48. The van der Waals surface area contributed by atoms with Crippen molar-refractivity contribution >= 4 is 0 Å². The molecule has 0 spiro atoms. The van der Waals surface area contributed by atoms with Crippen LogP contribution in [0.1, 0.15) is 36.2 Å². The molecule has 0 aliphatic rings. The van der Waals surface area contributed by atoms with Crippen LogP contribution in [0.5, 0.6) is 0 Å². The number of rotatable bonds is 6. The van der Waals surface area contributed by atoms with Crippen LogP contribution in [0.2, 0.25) is 0 Å². The van der Waals surface area contributed by atoms with Crippen LogP contribution < -0.4 is 5.32 Å². The summed E-state index contributed by atoms with van der Waals surface area (Å²) in [5, 5.41) is 8.06. The highest BCUT2D eigenvalue weighted by molar-refractivity contribution is 5.23. The Morgan fingerprint density at radius 1 is 1.32 bits per heavy atom. The standard InChI is InChI=1S/C15H22N4/c1-4-7-17-15(10-13-5-8-16-9-6-13)14-11-19(3)18-12(14)2/h5-6,8-9,11,15,17H,4,7,10H2,1-3H3. The lowest BCUT2D eigenvalue weighted by Crippen LogP contribution is -2.24. The van der Waals surface area contributed by atoms with Gasteiger partial charge in [0.1, 0.15) is 0 Å². The molecule has 102 valence electrons. The number of nitrogens with zero attached hydrogens (tertiary/aromatic N) is 3. The average molecular weight is 258 g/mol. The minimum Gasteiger partial charge on any atom is -0.310 e. The number of pyridine rings is 1. The third kappa shape index (κ3) is 3.64. The average Bonchev–Trinajstić information content (AvgIpc) is 2.75. The van der Waals surface area contributed by atoms with Crippen molar-refractivity contribution in [1.82, 2.24) is 20.1 Å². The Morgan fingerprint density at radius 2 is 2.05 bits per heavy atom. The lowest BCUT2D eigenvalue weighted by molar-refractivity contribution is 0.527. The lowest BCUT2D eigenvalue weighted by atomic mass is 10.00. The number of nitrogens with one attached hydrogen (secondary N) is 1. The highest BCUT2D eigenvalue weighted by atomic mass is 15.3. The quantitative estimate of drug-likeness (QED) is 0.865. The molecule has 19 heavy (non-hydrogen) atoms. The van der Waals surface area contributed by atoms with Crippen molar-refractivity contribution in [2.45, 2.75) is 32.7 Å². The molecule has 2 heterocycles. The van der Waals surface area contributed by atoms with Crippen LogP contribution in [-0.2, 0) is 13.5 Å². The fourth-order valence-corrected chi connectivity index (χ4v) is 2.33. The summed E-state index contributed by atoms with van der Waals surface area (Å²) in [6.07, 6.45) is 7.91. The van der Waals surface area contributed by atoms with E-state index in [1.165, 1.54) is 11.1 Å². The van der Waals surface area contributed by atoms with Gasteiger partial charge in [0.2, 0.25) is 0 Å². The van der Waals surface area contributed by atoms with Crippen LogP contribution in [0, 0.1) is 6.92 Å². The molecule has 0 fully saturated rings. The summed E-state index contributed by atoms with van der Waals surface area (Å²) in [5.41, 5.74) is 3.68. The van der Waals surface area contributed by atoms with Crippen molar-refractivity contribution in [3.05, 3.63) is 47.5 Å². The molecule has 2 aromatic rings. The topological polar surface area (TPSA) is 42.7 Å². The minimum absolute atomic E-state index is 0.316. The van der Waals surface area contributed by atoms with Gasteiger partial charge in [-0.15, -0.1) is 0 Å². The molecule has 2 rings (SSSR count). The molecule has 1 N–H and O–H groups in total. The molecule has 0 saturated heterocycles. The Morgan fingerprint density at radius 3 is 2.63 bits per heavy atom. The van der Waals surface area contributed by atoms with Gasteiger partial charge in [-0.25, -0.2) is 0 Å². The van der Waals surface area contributed by atoms with Gasteiger partial charge in [0.05, 0.1) is 5.69 Å². The van der Waals surface area contributed by atoms with Gasteiger partial charge in [-0.05, 0) is 44.0 Å². The van der Waals surface area contributed by atoms with E-state index >= 15 is 0 Å².